The summed E-state index contributed by atoms with van der Waals surface area (Å²) >= 11 is 0. The van der Waals surface area contributed by atoms with Crippen LogP contribution in [0.25, 0.3) is 0 Å². The Balaban J connectivity index is 6.80. The Morgan fingerprint density at radius 3 is 1.00 bits per heavy atom. The zero-order valence-electron chi connectivity index (χ0n) is 12.6. The highest BCUT2D eigenvalue weighted by Crippen LogP contribution is 2.63. The number of rotatable bonds is 9. The second kappa shape index (κ2) is 6.66. The average molecular weight is 476 g/mol. The lowest BCUT2D eigenvalue weighted by Crippen LogP contribution is -2.75. The third-order valence-corrected chi connectivity index (χ3v) is 3.29. The minimum absolute atomic E-state index is 3.47. The molecule has 0 bridgehead atoms. The lowest BCUT2D eigenvalue weighted by Gasteiger charge is -2.43. The Kier molecular flexibility index (Phi) is 6.27. The molecule has 0 atom stereocenters. The maximum atomic E-state index is 13.2. The maximum Gasteiger partial charge on any atom is 0.410 e. The van der Waals surface area contributed by atoms with Crippen LogP contribution >= 0.6 is 0 Å². The van der Waals surface area contributed by atoms with E-state index in [4.69, 9.17) is 10.2 Å². The van der Waals surface area contributed by atoms with Gasteiger partial charge in [0.15, 0.2) is 0 Å². The molecule has 0 saturated heterocycles. The van der Waals surface area contributed by atoms with Gasteiger partial charge in [-0.3, -0.25) is 0 Å². The molecule has 0 aromatic heterocycles. The molecule has 0 aliphatic heterocycles. The van der Waals surface area contributed by atoms with Crippen molar-refractivity contribution in [1.82, 2.24) is 0 Å². The van der Waals surface area contributed by atoms with E-state index >= 15 is 0 Å². The number of carboxylic acids is 1. The van der Waals surface area contributed by atoms with Gasteiger partial charge >= 0.3 is 53.3 Å². The second-order valence-electron chi connectivity index (χ2n) is 5.19. The van der Waals surface area contributed by atoms with Crippen LogP contribution in [0.1, 0.15) is 0 Å². The van der Waals surface area contributed by atoms with Crippen molar-refractivity contribution in [3.05, 3.63) is 0 Å². The Morgan fingerprint density at radius 2 is 0.759 bits per heavy atom. The van der Waals surface area contributed by atoms with Crippen LogP contribution < -0.4 is 0 Å². The number of halogens is 16. The van der Waals surface area contributed by atoms with Crippen molar-refractivity contribution < 1.29 is 85.3 Å². The van der Waals surface area contributed by atoms with Crippen molar-refractivity contribution in [2.75, 3.05) is 6.61 Å². The Bertz CT molecular complexity index is 639. The van der Waals surface area contributed by atoms with E-state index < -0.39 is 60.0 Å². The molecule has 0 aliphatic rings. The lowest BCUT2D eigenvalue weighted by atomic mass is 9.87. The van der Waals surface area contributed by atoms with Gasteiger partial charge in [-0.05, 0) is 0 Å². The number of carboxylic acid groups (broad SMARTS) is 1. The zero-order chi connectivity index (χ0) is 24.3. The van der Waals surface area contributed by atoms with Gasteiger partial charge in [-0.1, -0.05) is 0 Å². The highest BCUT2D eigenvalue weighted by atomic mass is 19.4. The largest absolute Gasteiger partial charge is 0.477 e. The fourth-order valence-corrected chi connectivity index (χ4v) is 1.45. The molecule has 0 aromatic carbocycles. The van der Waals surface area contributed by atoms with Crippen molar-refractivity contribution in [1.29, 1.82) is 0 Å². The van der Waals surface area contributed by atoms with Gasteiger partial charge in [0.2, 0.25) is 0 Å². The molecular weight excluding hydrogens is 472 g/mol. The predicted octanol–water partition coefficient (Wildman–Crippen LogP) is 4.15. The zero-order valence-corrected chi connectivity index (χ0v) is 12.6. The SMILES string of the molecule is O=C(O)C(F)(F)C(F)(F)C(F)(F)C(F)(F)C(F)(F)C(F)(F)C(F)(F)C(F)(F)CO. The molecule has 3 nitrogen and oxygen atoms in total. The third kappa shape index (κ3) is 3.15. The predicted molar refractivity (Wildman–Crippen MR) is 54.3 cm³/mol. The number of aliphatic hydroxyl groups excluding tert-OH is 1. The molecule has 0 fully saturated rings. The molecule has 0 amide bonds. The van der Waals surface area contributed by atoms with Crippen LogP contribution in [0, 0.1) is 0 Å². The number of aliphatic carboxylic acids is 1. The fraction of sp³-hybridized carbons (Fsp3) is 0.900. The third-order valence-electron chi connectivity index (χ3n) is 3.29. The molecule has 0 aliphatic carbocycles. The summed E-state index contributed by atoms with van der Waals surface area (Å²) in [6, 6.07) is 0. The van der Waals surface area contributed by atoms with Crippen LogP contribution in [0.15, 0.2) is 0 Å². The summed E-state index contributed by atoms with van der Waals surface area (Å²) in [5.41, 5.74) is 0. The van der Waals surface area contributed by atoms with Crippen LogP contribution in [-0.4, -0.2) is 70.2 Å². The molecule has 0 saturated carbocycles. The van der Waals surface area contributed by atoms with Crippen molar-refractivity contribution in [2.24, 2.45) is 0 Å². The summed E-state index contributed by atoms with van der Waals surface area (Å²) in [6.45, 7) is -3.47. The smallest absolute Gasteiger partial charge is 0.410 e. The fourth-order valence-electron chi connectivity index (χ4n) is 1.45. The van der Waals surface area contributed by atoms with Gasteiger partial charge in [0.1, 0.15) is 6.61 Å². The number of hydrogen-bond acceptors (Lipinski definition) is 2. The Hall–Kier alpha value is -1.69. The van der Waals surface area contributed by atoms with Gasteiger partial charge in [-0.2, -0.15) is 70.2 Å². The lowest BCUT2D eigenvalue weighted by molar-refractivity contribution is -0.452. The Labute approximate surface area is 146 Å². The monoisotopic (exact) mass is 476 g/mol. The first-order chi connectivity index (χ1) is 12.3. The summed E-state index contributed by atoms with van der Waals surface area (Å²) in [5.74, 6) is -68.6. The molecule has 29 heavy (non-hydrogen) atoms. The van der Waals surface area contributed by atoms with Crippen LogP contribution in [-0.2, 0) is 4.79 Å². The first-order valence-corrected chi connectivity index (χ1v) is 6.12. The Morgan fingerprint density at radius 1 is 0.517 bits per heavy atom. The van der Waals surface area contributed by atoms with E-state index in [9.17, 15) is 75.0 Å². The normalized spacial score (nSPS) is 16.2. The molecule has 0 unspecified atom stereocenters. The molecule has 2 N–H and O–H groups in total. The summed E-state index contributed by atoms with van der Waals surface area (Å²) < 4.78 is 207. The summed E-state index contributed by atoms with van der Waals surface area (Å²) in [5, 5.41) is 15.4. The minimum atomic E-state index is -8.68. The average Bonchev–Trinajstić information content (AvgIpc) is 2.53. The van der Waals surface area contributed by atoms with Gasteiger partial charge in [-0.15, -0.1) is 0 Å². The van der Waals surface area contributed by atoms with Crippen LogP contribution in [0.2, 0.25) is 0 Å². The van der Waals surface area contributed by atoms with Gasteiger partial charge in [0, 0.05) is 0 Å². The van der Waals surface area contributed by atoms with E-state index in [0.29, 0.717) is 0 Å². The van der Waals surface area contributed by atoms with E-state index in [1.807, 2.05) is 0 Å². The maximum absolute atomic E-state index is 13.2. The van der Waals surface area contributed by atoms with E-state index in [-0.39, 0.29) is 0 Å². The van der Waals surface area contributed by atoms with Crippen LogP contribution in [0.3, 0.4) is 0 Å². The van der Waals surface area contributed by atoms with E-state index in [1.54, 1.807) is 0 Å². The number of hydrogen-bond donors (Lipinski definition) is 2. The van der Waals surface area contributed by atoms with E-state index in [1.165, 1.54) is 0 Å². The van der Waals surface area contributed by atoms with Crippen LogP contribution in [0.4, 0.5) is 70.2 Å². The van der Waals surface area contributed by atoms with E-state index in [0.717, 1.165) is 0 Å². The van der Waals surface area contributed by atoms with Gasteiger partial charge in [-0.25, -0.2) is 4.79 Å². The number of carbonyl (C=O) groups is 1. The summed E-state index contributed by atoms with van der Waals surface area (Å²) in [7, 11) is 0. The van der Waals surface area contributed by atoms with Crippen molar-refractivity contribution in [2.45, 2.75) is 47.4 Å². The molecule has 0 rings (SSSR count). The highest BCUT2D eigenvalue weighted by Gasteiger charge is 2.95. The van der Waals surface area contributed by atoms with Gasteiger partial charge in [0.05, 0.1) is 0 Å². The standard InChI is InChI=1S/C10H4F16O3/c11-3(12,1-27)5(15,16)7(19,20)9(23,24)10(25,26)8(21,22)6(17,18)4(13,14)2(28)29/h27H,1H2,(H,28,29). The summed E-state index contributed by atoms with van der Waals surface area (Å²) in [6.07, 6.45) is 0. The highest BCUT2D eigenvalue weighted by molar-refractivity contribution is 5.77. The van der Waals surface area contributed by atoms with Crippen molar-refractivity contribution in [3.63, 3.8) is 0 Å². The molecule has 0 heterocycles. The van der Waals surface area contributed by atoms with Crippen molar-refractivity contribution in [3.8, 4) is 0 Å². The quantitative estimate of drug-likeness (QED) is 0.492. The molecule has 0 spiro atoms. The molecule has 0 radical (unpaired) electrons. The topological polar surface area (TPSA) is 57.5 Å². The first-order valence-electron chi connectivity index (χ1n) is 6.12. The molecule has 174 valence electrons. The molecule has 0 aromatic rings. The van der Waals surface area contributed by atoms with Gasteiger partial charge in [0.25, 0.3) is 0 Å². The van der Waals surface area contributed by atoms with Crippen LogP contribution in [0.5, 0.6) is 0 Å². The first kappa shape index (κ1) is 27.3. The summed E-state index contributed by atoms with van der Waals surface area (Å²) in [4.78, 5) is 9.83. The van der Waals surface area contributed by atoms with Gasteiger partial charge < -0.3 is 10.2 Å². The minimum Gasteiger partial charge on any atom is -0.477 e. The second-order valence-corrected chi connectivity index (χ2v) is 5.19. The number of aliphatic hydroxyl groups is 1. The molecular formula is C10H4F16O3. The number of alkyl halides is 16. The molecule has 19 heteroatoms. The van der Waals surface area contributed by atoms with E-state index in [2.05, 4.69) is 0 Å². The van der Waals surface area contributed by atoms with Crippen molar-refractivity contribution >= 4 is 5.97 Å².